The van der Waals surface area contributed by atoms with Crippen molar-refractivity contribution >= 4 is 29.4 Å². The number of carbonyl (C=O) groups excluding carboxylic acids is 2. The van der Waals surface area contributed by atoms with Crippen molar-refractivity contribution in [1.29, 1.82) is 0 Å². The fraction of sp³-hybridized carbons (Fsp3) is 0.500. The van der Waals surface area contributed by atoms with Gasteiger partial charge in [0.2, 0.25) is 0 Å². The molecule has 0 saturated carbocycles. The number of nitro benzene ring substituents is 1. The molecule has 1 N–H and O–H groups in total. The summed E-state index contributed by atoms with van der Waals surface area (Å²) < 4.78 is 22.4. The number of methoxy groups -OCH3 is 1. The molecule has 1 saturated heterocycles. The predicted octanol–water partition coefficient (Wildman–Crippen LogP) is 7.37. The zero-order valence-corrected chi connectivity index (χ0v) is 28.4. The highest BCUT2D eigenvalue weighted by molar-refractivity contribution is 7.99. The number of hydrogen-bond donors (Lipinski definition) is 1. The Morgan fingerprint density at radius 2 is 1.79 bits per heavy atom. The first-order valence-corrected chi connectivity index (χ1v) is 17.5. The van der Waals surface area contributed by atoms with Crippen LogP contribution in [0.2, 0.25) is 0 Å². The van der Waals surface area contributed by atoms with E-state index in [9.17, 15) is 19.7 Å². The van der Waals surface area contributed by atoms with Gasteiger partial charge in [-0.3, -0.25) is 10.1 Å². The Morgan fingerprint density at radius 1 is 1.00 bits per heavy atom. The Kier molecular flexibility index (Phi) is 14.3. The molecular weight excluding hydrogens is 620 g/mol. The van der Waals surface area contributed by atoms with Crippen LogP contribution in [0.15, 0.2) is 76.0 Å². The molecule has 0 amide bonds. The standard InChI is InChI=1S/C36H46N2O8S/c1-4-11-30-34(32(26-13-8-14-27(24-26)38(41)42)33(35(39)43-3)29(5-2)37-30)36(40)46-22-10-23-47-28-18-16-25(17-19-28)12-9-21-45-31-15-6-7-20-44-31/h8,13-14,16-19,24,31-32,37H,4-7,9-12,15,20-23H2,1-3H3. The number of thioether (sulfide) groups is 1. The van der Waals surface area contributed by atoms with E-state index in [1.165, 1.54) is 31.2 Å². The summed E-state index contributed by atoms with van der Waals surface area (Å²) in [5.74, 6) is -1.27. The van der Waals surface area contributed by atoms with Crippen molar-refractivity contribution in [2.75, 3.05) is 32.7 Å². The third-order valence-corrected chi connectivity index (χ3v) is 9.29. The number of allylic oxidation sites excluding steroid dienone is 2. The molecule has 11 heteroatoms. The summed E-state index contributed by atoms with van der Waals surface area (Å²) in [5.41, 5.74) is 3.41. The molecule has 2 aromatic rings. The number of aryl methyl sites for hydroxylation is 1. The van der Waals surface area contributed by atoms with Gasteiger partial charge in [0, 0.05) is 40.8 Å². The van der Waals surface area contributed by atoms with Gasteiger partial charge in [0.15, 0.2) is 6.29 Å². The smallest absolute Gasteiger partial charge is 0.336 e. The van der Waals surface area contributed by atoms with Crippen molar-refractivity contribution in [1.82, 2.24) is 5.32 Å². The molecule has 0 radical (unpaired) electrons. The van der Waals surface area contributed by atoms with E-state index >= 15 is 0 Å². The molecule has 254 valence electrons. The van der Waals surface area contributed by atoms with E-state index in [1.807, 2.05) is 13.8 Å². The Bertz CT molecular complexity index is 1430. The first-order chi connectivity index (χ1) is 22.9. The van der Waals surface area contributed by atoms with Gasteiger partial charge in [0.1, 0.15) is 0 Å². The minimum atomic E-state index is -0.868. The van der Waals surface area contributed by atoms with Crippen molar-refractivity contribution in [3.63, 3.8) is 0 Å². The summed E-state index contributed by atoms with van der Waals surface area (Å²) in [6.07, 6.45) is 7.50. The lowest BCUT2D eigenvalue weighted by atomic mass is 9.79. The van der Waals surface area contributed by atoms with E-state index in [1.54, 1.807) is 23.9 Å². The lowest BCUT2D eigenvalue weighted by molar-refractivity contribution is -0.384. The average molecular weight is 667 g/mol. The molecule has 10 nitrogen and oxygen atoms in total. The van der Waals surface area contributed by atoms with Crippen LogP contribution in [0.25, 0.3) is 0 Å². The van der Waals surface area contributed by atoms with Gasteiger partial charge in [-0.1, -0.05) is 44.5 Å². The minimum Gasteiger partial charge on any atom is -0.466 e. The van der Waals surface area contributed by atoms with Crippen LogP contribution in [0.4, 0.5) is 5.69 Å². The lowest BCUT2D eigenvalue weighted by Gasteiger charge is -2.32. The number of non-ortho nitro benzene ring substituents is 1. The number of dihydropyridines is 1. The maximum absolute atomic E-state index is 13.8. The molecular formula is C36H46N2O8S. The summed E-state index contributed by atoms with van der Waals surface area (Å²) in [7, 11) is 1.28. The molecule has 0 bridgehead atoms. The van der Waals surface area contributed by atoms with Crippen LogP contribution in [0.1, 0.15) is 82.3 Å². The number of ether oxygens (including phenoxy) is 4. The first kappa shape index (κ1) is 36.2. The van der Waals surface area contributed by atoms with E-state index in [2.05, 4.69) is 29.6 Å². The molecule has 1 fully saturated rings. The molecule has 2 atom stereocenters. The van der Waals surface area contributed by atoms with Crippen LogP contribution in [-0.4, -0.2) is 55.8 Å². The molecule has 2 unspecified atom stereocenters. The number of nitro groups is 1. The van der Waals surface area contributed by atoms with Gasteiger partial charge >= 0.3 is 11.9 Å². The average Bonchev–Trinajstić information content (AvgIpc) is 3.10. The lowest BCUT2D eigenvalue weighted by Crippen LogP contribution is -2.34. The molecule has 0 aromatic heterocycles. The van der Waals surface area contributed by atoms with Gasteiger partial charge in [0.25, 0.3) is 5.69 Å². The number of nitrogens with zero attached hydrogens (tertiary/aromatic N) is 1. The first-order valence-electron chi connectivity index (χ1n) is 16.5. The van der Waals surface area contributed by atoms with Crippen LogP contribution in [-0.2, 0) is 35.0 Å². The molecule has 0 spiro atoms. The Hall–Kier alpha value is -3.67. The van der Waals surface area contributed by atoms with E-state index in [-0.39, 0.29) is 29.7 Å². The summed E-state index contributed by atoms with van der Waals surface area (Å²) in [5, 5.41) is 14.9. The minimum absolute atomic E-state index is 0.0476. The second-order valence-electron chi connectivity index (χ2n) is 11.5. The Morgan fingerprint density at radius 3 is 2.47 bits per heavy atom. The second kappa shape index (κ2) is 18.6. The van der Waals surface area contributed by atoms with Gasteiger partial charge in [-0.25, -0.2) is 9.59 Å². The number of rotatable bonds is 17. The molecule has 2 heterocycles. The normalized spacial score (nSPS) is 18.1. The van der Waals surface area contributed by atoms with Crippen molar-refractivity contribution < 1.29 is 33.5 Å². The summed E-state index contributed by atoms with van der Waals surface area (Å²) in [6.45, 7) is 5.57. The fourth-order valence-corrected chi connectivity index (χ4v) is 6.68. The van der Waals surface area contributed by atoms with Crippen molar-refractivity contribution in [2.24, 2.45) is 0 Å². The van der Waals surface area contributed by atoms with E-state index in [0.717, 1.165) is 49.4 Å². The van der Waals surface area contributed by atoms with Crippen LogP contribution >= 0.6 is 11.8 Å². The zero-order valence-electron chi connectivity index (χ0n) is 27.6. The van der Waals surface area contributed by atoms with Crippen LogP contribution < -0.4 is 5.32 Å². The number of esters is 2. The van der Waals surface area contributed by atoms with Crippen LogP contribution in [0.3, 0.4) is 0 Å². The molecule has 2 aliphatic rings. The maximum atomic E-state index is 13.8. The van der Waals surface area contributed by atoms with Crippen molar-refractivity contribution in [3.05, 3.63) is 92.3 Å². The highest BCUT2D eigenvalue weighted by atomic mass is 32.2. The Labute approximate surface area is 281 Å². The molecule has 2 aliphatic heterocycles. The monoisotopic (exact) mass is 666 g/mol. The van der Waals surface area contributed by atoms with E-state index in [4.69, 9.17) is 18.9 Å². The number of benzene rings is 2. The maximum Gasteiger partial charge on any atom is 0.336 e. The Balaban J connectivity index is 1.36. The highest BCUT2D eigenvalue weighted by Gasteiger charge is 2.39. The zero-order chi connectivity index (χ0) is 33.6. The summed E-state index contributed by atoms with van der Waals surface area (Å²) in [4.78, 5) is 39.1. The quantitative estimate of drug-likeness (QED) is 0.0601. The molecule has 47 heavy (non-hydrogen) atoms. The van der Waals surface area contributed by atoms with Crippen molar-refractivity contribution in [2.45, 2.75) is 88.7 Å². The predicted molar refractivity (Wildman–Crippen MR) is 181 cm³/mol. The van der Waals surface area contributed by atoms with E-state index < -0.39 is 22.8 Å². The molecule has 0 aliphatic carbocycles. The third-order valence-electron chi connectivity index (χ3n) is 8.19. The molecule has 4 rings (SSSR count). The number of carbonyl (C=O) groups is 2. The van der Waals surface area contributed by atoms with Gasteiger partial charge in [-0.15, -0.1) is 11.8 Å². The van der Waals surface area contributed by atoms with Gasteiger partial charge in [0.05, 0.1) is 42.3 Å². The SMILES string of the molecule is CCCC1=C(C(=O)OCCCSc2ccc(CCCOC3CCCCO3)cc2)C(c2cccc([N+](=O)[O-])c2)C(C(=O)OC)=C(CC)N1. The van der Waals surface area contributed by atoms with Crippen molar-refractivity contribution in [3.8, 4) is 0 Å². The van der Waals surface area contributed by atoms with Gasteiger partial charge < -0.3 is 24.3 Å². The second-order valence-corrected chi connectivity index (χ2v) is 12.7. The number of nitrogens with one attached hydrogen (secondary N) is 1. The largest absolute Gasteiger partial charge is 0.466 e. The summed E-state index contributed by atoms with van der Waals surface area (Å²) in [6, 6.07) is 14.6. The summed E-state index contributed by atoms with van der Waals surface area (Å²) >= 11 is 1.70. The molecule has 2 aromatic carbocycles. The topological polar surface area (TPSA) is 126 Å². The van der Waals surface area contributed by atoms with Crippen LogP contribution in [0, 0.1) is 10.1 Å². The highest BCUT2D eigenvalue weighted by Crippen LogP contribution is 2.41. The number of hydrogen-bond acceptors (Lipinski definition) is 10. The third kappa shape index (κ3) is 10.2. The van der Waals surface area contributed by atoms with E-state index in [0.29, 0.717) is 42.8 Å². The van der Waals surface area contributed by atoms with Gasteiger partial charge in [-0.05, 0) is 74.6 Å². The fourth-order valence-electron chi connectivity index (χ4n) is 5.86. The van der Waals surface area contributed by atoms with Gasteiger partial charge in [-0.2, -0.15) is 0 Å². The van der Waals surface area contributed by atoms with Crippen LogP contribution in [0.5, 0.6) is 0 Å².